The predicted molar refractivity (Wildman–Crippen MR) is 79.4 cm³/mol. The van der Waals surface area contributed by atoms with Crippen LogP contribution < -0.4 is 0 Å². The molecule has 1 rings (SSSR count). The van der Waals surface area contributed by atoms with Gasteiger partial charge in [-0.2, -0.15) is 0 Å². The van der Waals surface area contributed by atoms with Gasteiger partial charge in [-0.1, -0.05) is 64.6 Å². The lowest BCUT2D eigenvalue weighted by atomic mass is 9.91. The van der Waals surface area contributed by atoms with Crippen LogP contribution >= 0.6 is 31.9 Å². The van der Waals surface area contributed by atoms with Crippen molar-refractivity contribution in [3.8, 4) is 0 Å². The van der Waals surface area contributed by atoms with Gasteiger partial charge in [0, 0.05) is 9.30 Å². The lowest BCUT2D eigenvalue weighted by molar-refractivity contribution is 0.485. The summed E-state index contributed by atoms with van der Waals surface area (Å²) in [5.41, 5.74) is 4.12. The van der Waals surface area contributed by atoms with Crippen molar-refractivity contribution < 1.29 is 0 Å². The fraction of sp³-hybridized carbons (Fsp3) is 0.571. The van der Waals surface area contributed by atoms with Crippen LogP contribution in [0, 0.1) is 19.8 Å². The van der Waals surface area contributed by atoms with E-state index < -0.39 is 0 Å². The molecule has 0 aliphatic carbocycles. The molecule has 0 fully saturated rings. The smallest absolute Gasteiger partial charge is 0.0426 e. The van der Waals surface area contributed by atoms with E-state index in [9.17, 15) is 0 Å². The Bertz CT molecular complexity index is 354. The van der Waals surface area contributed by atoms with Crippen LogP contribution in [0.5, 0.6) is 0 Å². The van der Waals surface area contributed by atoms with Crippen LogP contribution in [0.15, 0.2) is 16.6 Å². The fourth-order valence-corrected chi connectivity index (χ4v) is 3.76. The molecule has 1 atom stereocenters. The van der Waals surface area contributed by atoms with Crippen LogP contribution in [-0.4, -0.2) is 0 Å². The second kappa shape index (κ2) is 6.20. The van der Waals surface area contributed by atoms with Crippen LogP contribution in [0.25, 0.3) is 0 Å². The predicted octanol–water partition coefficient (Wildman–Crippen LogP) is 5.94. The lowest BCUT2D eigenvalue weighted by Gasteiger charge is -2.22. The van der Waals surface area contributed by atoms with Crippen molar-refractivity contribution in [1.29, 1.82) is 0 Å². The Kier molecular flexibility index (Phi) is 5.52. The standard InChI is InChI=1S/C14H20Br2/c1-5-11(6-2)14(16)12-7-10(4)13(15)8-9(12)3/h7-8,11,14H,5-6H2,1-4H3. The minimum atomic E-state index is 0.481. The summed E-state index contributed by atoms with van der Waals surface area (Å²) in [6.45, 7) is 8.88. The Hall–Kier alpha value is 0.180. The van der Waals surface area contributed by atoms with Gasteiger partial charge < -0.3 is 0 Å². The Morgan fingerprint density at radius 1 is 1.06 bits per heavy atom. The molecular weight excluding hydrogens is 328 g/mol. The minimum Gasteiger partial charge on any atom is -0.0836 e. The normalized spacial score (nSPS) is 13.2. The maximum atomic E-state index is 3.87. The van der Waals surface area contributed by atoms with Crippen molar-refractivity contribution in [2.45, 2.75) is 45.4 Å². The molecule has 0 saturated heterocycles. The summed E-state index contributed by atoms with van der Waals surface area (Å²) in [5, 5.41) is 0. The van der Waals surface area contributed by atoms with E-state index in [-0.39, 0.29) is 0 Å². The van der Waals surface area contributed by atoms with Gasteiger partial charge in [0.15, 0.2) is 0 Å². The number of halogens is 2. The molecule has 16 heavy (non-hydrogen) atoms. The van der Waals surface area contributed by atoms with E-state index in [1.54, 1.807) is 0 Å². The molecule has 0 nitrogen and oxygen atoms in total. The van der Waals surface area contributed by atoms with Crippen molar-refractivity contribution in [3.05, 3.63) is 33.3 Å². The van der Waals surface area contributed by atoms with E-state index in [0.717, 1.165) is 5.92 Å². The summed E-state index contributed by atoms with van der Waals surface area (Å²) in [6.07, 6.45) is 2.45. The van der Waals surface area contributed by atoms with Gasteiger partial charge in [0.1, 0.15) is 0 Å². The summed E-state index contributed by atoms with van der Waals surface area (Å²) >= 11 is 7.45. The molecule has 0 amide bonds. The highest BCUT2D eigenvalue weighted by Crippen LogP contribution is 2.38. The Labute approximate surface area is 116 Å². The van der Waals surface area contributed by atoms with Gasteiger partial charge >= 0.3 is 0 Å². The first-order chi connectivity index (χ1) is 7.51. The fourth-order valence-electron chi connectivity index (χ4n) is 2.06. The highest BCUT2D eigenvalue weighted by Gasteiger charge is 2.19. The zero-order valence-electron chi connectivity index (χ0n) is 10.5. The topological polar surface area (TPSA) is 0 Å². The lowest BCUT2D eigenvalue weighted by Crippen LogP contribution is -2.07. The zero-order chi connectivity index (χ0) is 12.3. The van der Waals surface area contributed by atoms with Crippen LogP contribution in [-0.2, 0) is 0 Å². The van der Waals surface area contributed by atoms with E-state index in [1.807, 2.05) is 0 Å². The van der Waals surface area contributed by atoms with Gasteiger partial charge in [-0.05, 0) is 42.5 Å². The monoisotopic (exact) mass is 346 g/mol. The van der Waals surface area contributed by atoms with Crippen molar-refractivity contribution in [2.24, 2.45) is 5.92 Å². The molecule has 0 aromatic heterocycles. The summed E-state index contributed by atoms with van der Waals surface area (Å²) in [6, 6.07) is 4.53. The number of rotatable bonds is 4. The molecule has 0 N–H and O–H groups in total. The van der Waals surface area contributed by atoms with E-state index in [4.69, 9.17) is 0 Å². The number of hydrogen-bond donors (Lipinski definition) is 0. The molecule has 0 saturated carbocycles. The summed E-state index contributed by atoms with van der Waals surface area (Å²) in [4.78, 5) is 0.481. The van der Waals surface area contributed by atoms with Crippen LogP contribution in [0.1, 0.15) is 48.2 Å². The molecular formula is C14H20Br2. The van der Waals surface area contributed by atoms with Gasteiger partial charge in [0.2, 0.25) is 0 Å². The number of benzene rings is 1. The molecule has 0 heterocycles. The van der Waals surface area contributed by atoms with Crippen molar-refractivity contribution in [1.82, 2.24) is 0 Å². The van der Waals surface area contributed by atoms with Crippen molar-refractivity contribution in [3.63, 3.8) is 0 Å². The molecule has 1 aromatic rings. The van der Waals surface area contributed by atoms with E-state index in [0.29, 0.717) is 4.83 Å². The minimum absolute atomic E-state index is 0.481. The average Bonchev–Trinajstić information content (AvgIpc) is 2.25. The molecule has 1 aromatic carbocycles. The number of aryl methyl sites for hydroxylation is 2. The molecule has 90 valence electrons. The molecule has 0 radical (unpaired) electrons. The molecule has 1 unspecified atom stereocenters. The third kappa shape index (κ3) is 3.10. The maximum Gasteiger partial charge on any atom is 0.0426 e. The second-order valence-corrected chi connectivity index (χ2v) is 6.28. The Balaban J connectivity index is 3.07. The molecule has 0 aliphatic heterocycles. The van der Waals surface area contributed by atoms with Crippen LogP contribution in [0.3, 0.4) is 0 Å². The molecule has 2 heteroatoms. The number of alkyl halides is 1. The largest absolute Gasteiger partial charge is 0.0836 e. The third-order valence-corrected chi connectivity index (χ3v) is 5.40. The van der Waals surface area contributed by atoms with E-state index >= 15 is 0 Å². The second-order valence-electron chi connectivity index (χ2n) is 4.44. The summed E-state index contributed by atoms with van der Waals surface area (Å²) < 4.78 is 1.21. The van der Waals surface area contributed by atoms with E-state index in [2.05, 4.69) is 71.7 Å². The maximum absolute atomic E-state index is 3.87. The SMILES string of the molecule is CCC(CC)C(Br)c1cc(C)c(Br)cc1C. The first-order valence-electron chi connectivity index (χ1n) is 5.91. The molecule has 0 aliphatic rings. The van der Waals surface area contributed by atoms with Crippen molar-refractivity contribution >= 4 is 31.9 Å². The summed E-state index contributed by atoms with van der Waals surface area (Å²) in [7, 11) is 0. The third-order valence-electron chi connectivity index (χ3n) is 3.31. The van der Waals surface area contributed by atoms with Gasteiger partial charge in [-0.25, -0.2) is 0 Å². The van der Waals surface area contributed by atoms with Gasteiger partial charge in [0.05, 0.1) is 0 Å². The van der Waals surface area contributed by atoms with Gasteiger partial charge in [0.25, 0.3) is 0 Å². The molecule has 0 bridgehead atoms. The highest BCUT2D eigenvalue weighted by molar-refractivity contribution is 9.10. The van der Waals surface area contributed by atoms with E-state index in [1.165, 1.54) is 34.0 Å². The van der Waals surface area contributed by atoms with Crippen molar-refractivity contribution in [2.75, 3.05) is 0 Å². The first-order valence-corrected chi connectivity index (χ1v) is 7.62. The van der Waals surface area contributed by atoms with Gasteiger partial charge in [-0.15, -0.1) is 0 Å². The quantitative estimate of drug-likeness (QED) is 0.591. The molecule has 0 spiro atoms. The van der Waals surface area contributed by atoms with Gasteiger partial charge in [-0.3, -0.25) is 0 Å². The average molecular weight is 348 g/mol. The summed E-state index contributed by atoms with van der Waals surface area (Å²) in [5.74, 6) is 0.722. The number of hydrogen-bond acceptors (Lipinski definition) is 0. The Morgan fingerprint density at radius 2 is 1.62 bits per heavy atom. The highest BCUT2D eigenvalue weighted by atomic mass is 79.9. The van der Waals surface area contributed by atoms with Crippen LogP contribution in [0.4, 0.5) is 0 Å². The van der Waals surface area contributed by atoms with Crippen LogP contribution in [0.2, 0.25) is 0 Å². The first kappa shape index (κ1) is 14.2. The Morgan fingerprint density at radius 3 is 2.12 bits per heavy atom. The zero-order valence-corrected chi connectivity index (χ0v) is 13.7.